The molecule has 18 heavy (non-hydrogen) atoms. The third kappa shape index (κ3) is 2.99. The van der Waals surface area contributed by atoms with Gasteiger partial charge in [0.2, 0.25) is 0 Å². The van der Waals surface area contributed by atoms with Crippen LogP contribution in [0.5, 0.6) is 0 Å². The Hall–Kier alpha value is -0.720. The summed E-state index contributed by atoms with van der Waals surface area (Å²) >= 11 is 3.46. The van der Waals surface area contributed by atoms with Gasteiger partial charge in [0.1, 0.15) is 6.23 Å². The molecule has 0 amide bonds. The molecule has 98 valence electrons. The van der Waals surface area contributed by atoms with Crippen LogP contribution >= 0.6 is 15.9 Å². The van der Waals surface area contributed by atoms with Crippen LogP contribution in [-0.4, -0.2) is 41.8 Å². The summed E-state index contributed by atoms with van der Waals surface area (Å²) in [6, 6.07) is 9.85. The van der Waals surface area contributed by atoms with Crippen LogP contribution in [0.1, 0.15) is 5.56 Å². The van der Waals surface area contributed by atoms with Gasteiger partial charge in [-0.2, -0.15) is 0 Å². The number of aliphatic hydroxyl groups excluding tert-OH is 2. The fraction of sp³-hybridized carbons (Fsp3) is 0.385. The molecule has 4 nitrogen and oxygen atoms in total. The fourth-order valence-electron chi connectivity index (χ4n) is 1.77. The molecule has 0 unspecified atom stereocenters. The normalized spacial score (nSPS) is 23.3. The maximum atomic E-state index is 9.27. The van der Waals surface area contributed by atoms with Crippen molar-refractivity contribution < 1.29 is 14.9 Å². The minimum atomic E-state index is -0.756. The number of hydrogen-bond acceptors (Lipinski definition) is 4. The van der Waals surface area contributed by atoms with E-state index in [1.807, 2.05) is 36.4 Å². The Labute approximate surface area is 114 Å². The number of rotatable bonds is 4. The third-order valence-corrected chi connectivity index (χ3v) is 3.57. The zero-order valence-electron chi connectivity index (χ0n) is 9.84. The molecule has 0 bridgehead atoms. The molecule has 1 aromatic rings. The monoisotopic (exact) mass is 313 g/mol. The highest BCUT2D eigenvalue weighted by atomic mass is 79.9. The fourth-order valence-corrected chi connectivity index (χ4v) is 2.28. The first kappa shape index (κ1) is 13.7. The topological polar surface area (TPSA) is 61.7 Å². The average Bonchev–Trinajstić information content (AvgIpc) is 2.85. The maximum Gasteiger partial charge on any atom is 0.141 e. The van der Waals surface area contributed by atoms with Crippen molar-refractivity contribution in [2.75, 3.05) is 19.8 Å². The Kier molecular flexibility index (Phi) is 4.53. The van der Waals surface area contributed by atoms with Gasteiger partial charge < -0.3 is 14.9 Å². The predicted octanol–water partition coefficient (Wildman–Crippen LogP) is 1.09. The van der Waals surface area contributed by atoms with Crippen molar-refractivity contribution >= 4 is 22.0 Å². The highest BCUT2D eigenvalue weighted by Gasteiger charge is 2.39. The molecule has 1 heterocycles. The Morgan fingerprint density at radius 1 is 1.39 bits per heavy atom. The first-order valence-corrected chi connectivity index (χ1v) is 6.51. The number of aliphatic hydroxyl groups is 2. The van der Waals surface area contributed by atoms with Gasteiger partial charge in [-0.15, -0.1) is 0 Å². The van der Waals surface area contributed by atoms with E-state index in [9.17, 15) is 10.2 Å². The Morgan fingerprint density at radius 3 is 2.61 bits per heavy atom. The van der Waals surface area contributed by atoms with Crippen molar-refractivity contribution in [1.82, 2.24) is 5.32 Å². The molecule has 0 radical (unpaired) electrons. The Morgan fingerprint density at radius 2 is 2.06 bits per heavy atom. The van der Waals surface area contributed by atoms with Crippen molar-refractivity contribution in [3.8, 4) is 0 Å². The number of hydrogen-bond donors (Lipinski definition) is 3. The van der Waals surface area contributed by atoms with Crippen molar-refractivity contribution in [2.45, 2.75) is 11.8 Å². The van der Waals surface area contributed by atoms with Crippen LogP contribution in [0.3, 0.4) is 0 Å². The summed E-state index contributed by atoms with van der Waals surface area (Å²) < 4.78 is 6.37. The molecule has 1 saturated heterocycles. The molecule has 1 aliphatic rings. The van der Waals surface area contributed by atoms with Crippen LogP contribution in [0.25, 0.3) is 6.08 Å². The van der Waals surface area contributed by atoms with E-state index in [0.717, 1.165) is 10.0 Å². The predicted molar refractivity (Wildman–Crippen MR) is 73.1 cm³/mol. The summed E-state index contributed by atoms with van der Waals surface area (Å²) in [5, 5.41) is 21.6. The van der Waals surface area contributed by atoms with Gasteiger partial charge in [-0.05, 0) is 11.6 Å². The third-order valence-electron chi connectivity index (χ3n) is 2.92. The standard InChI is InChI=1S/C13H16BrNO3/c14-11(6-10-4-2-1-3-5-10)12-15-13(7-16,8-17)9-18-12/h1-6,12,15-17H,7-9H2/b11-6-/t12-/m1/s1. The van der Waals surface area contributed by atoms with Crippen molar-refractivity contribution in [3.63, 3.8) is 0 Å². The van der Waals surface area contributed by atoms with Gasteiger partial charge >= 0.3 is 0 Å². The Bertz CT molecular complexity index is 418. The summed E-state index contributed by atoms with van der Waals surface area (Å²) in [7, 11) is 0. The number of benzene rings is 1. The molecule has 3 N–H and O–H groups in total. The second-order valence-electron chi connectivity index (χ2n) is 4.37. The van der Waals surface area contributed by atoms with Crippen LogP contribution in [0.15, 0.2) is 34.8 Å². The minimum absolute atomic E-state index is 0.161. The summed E-state index contributed by atoms with van der Waals surface area (Å²) in [6.07, 6.45) is 1.60. The molecule has 0 aromatic heterocycles. The van der Waals surface area contributed by atoms with Gasteiger partial charge in [-0.1, -0.05) is 46.3 Å². The van der Waals surface area contributed by atoms with Gasteiger partial charge in [-0.3, -0.25) is 5.32 Å². The summed E-state index contributed by atoms with van der Waals surface area (Å²) in [6.45, 7) is -0.0420. The lowest BCUT2D eigenvalue weighted by Gasteiger charge is -2.23. The van der Waals surface area contributed by atoms with Crippen molar-refractivity contribution in [2.24, 2.45) is 0 Å². The van der Waals surface area contributed by atoms with E-state index in [4.69, 9.17) is 4.74 Å². The molecule has 5 heteroatoms. The summed E-state index contributed by atoms with van der Waals surface area (Å²) in [5.74, 6) is 0. The average molecular weight is 314 g/mol. The first-order valence-electron chi connectivity index (χ1n) is 5.72. The van der Waals surface area contributed by atoms with E-state index in [1.165, 1.54) is 0 Å². The molecular weight excluding hydrogens is 298 g/mol. The van der Waals surface area contributed by atoms with Gasteiger partial charge in [0.25, 0.3) is 0 Å². The van der Waals surface area contributed by atoms with E-state index in [-0.39, 0.29) is 26.0 Å². The second kappa shape index (κ2) is 5.95. The van der Waals surface area contributed by atoms with E-state index >= 15 is 0 Å². The summed E-state index contributed by atoms with van der Waals surface area (Å²) in [4.78, 5) is 0. The minimum Gasteiger partial charge on any atom is -0.394 e. The van der Waals surface area contributed by atoms with Crippen molar-refractivity contribution in [3.05, 3.63) is 40.4 Å². The van der Waals surface area contributed by atoms with E-state index < -0.39 is 5.54 Å². The molecular formula is C13H16BrNO3. The second-order valence-corrected chi connectivity index (χ2v) is 5.29. The van der Waals surface area contributed by atoms with Crippen LogP contribution in [0, 0.1) is 0 Å². The highest BCUT2D eigenvalue weighted by molar-refractivity contribution is 9.11. The molecule has 1 aliphatic heterocycles. The number of nitrogens with one attached hydrogen (secondary N) is 1. The quantitative estimate of drug-likeness (QED) is 0.779. The molecule has 1 atom stereocenters. The highest BCUT2D eigenvalue weighted by Crippen LogP contribution is 2.24. The van der Waals surface area contributed by atoms with Gasteiger partial charge in [-0.25, -0.2) is 0 Å². The van der Waals surface area contributed by atoms with Crippen LogP contribution in [-0.2, 0) is 4.74 Å². The van der Waals surface area contributed by atoms with Crippen molar-refractivity contribution in [1.29, 1.82) is 0 Å². The molecule has 1 fully saturated rings. The van der Waals surface area contributed by atoms with Crippen LogP contribution in [0.2, 0.25) is 0 Å². The smallest absolute Gasteiger partial charge is 0.141 e. The maximum absolute atomic E-state index is 9.27. The van der Waals surface area contributed by atoms with Gasteiger partial charge in [0.15, 0.2) is 0 Å². The number of halogens is 1. The SMILES string of the molecule is OCC1(CO)CO[C@H](/C(Br)=C/c2ccccc2)N1. The lowest BCUT2D eigenvalue weighted by molar-refractivity contribution is 0.0844. The van der Waals surface area contributed by atoms with Gasteiger partial charge in [0.05, 0.1) is 25.4 Å². The molecule has 0 aliphatic carbocycles. The van der Waals surface area contributed by atoms with Gasteiger partial charge in [0, 0.05) is 4.48 Å². The zero-order chi connectivity index (χ0) is 13.0. The molecule has 0 spiro atoms. The van der Waals surface area contributed by atoms with E-state index in [0.29, 0.717) is 0 Å². The molecule has 0 saturated carbocycles. The lowest BCUT2D eigenvalue weighted by atomic mass is 10.1. The Balaban J connectivity index is 2.08. The first-order chi connectivity index (χ1) is 8.69. The molecule has 2 rings (SSSR count). The lowest BCUT2D eigenvalue weighted by Crippen LogP contribution is -2.51. The molecule has 1 aromatic carbocycles. The van der Waals surface area contributed by atoms with E-state index in [2.05, 4.69) is 21.2 Å². The number of ether oxygens (including phenoxy) is 1. The van der Waals surface area contributed by atoms with Crippen LogP contribution in [0.4, 0.5) is 0 Å². The largest absolute Gasteiger partial charge is 0.394 e. The summed E-state index contributed by atoms with van der Waals surface area (Å²) in [5.41, 5.74) is 0.300. The van der Waals surface area contributed by atoms with E-state index in [1.54, 1.807) is 0 Å². The van der Waals surface area contributed by atoms with Crippen LogP contribution < -0.4 is 5.32 Å². The zero-order valence-corrected chi connectivity index (χ0v) is 11.4.